The van der Waals surface area contributed by atoms with E-state index in [0.29, 0.717) is 29.9 Å². The van der Waals surface area contributed by atoms with Crippen molar-refractivity contribution in [3.63, 3.8) is 0 Å². The molecule has 2 heterocycles. The van der Waals surface area contributed by atoms with E-state index in [-0.39, 0.29) is 10.8 Å². The van der Waals surface area contributed by atoms with Crippen molar-refractivity contribution < 1.29 is 13.2 Å². The molecule has 0 atom stereocenters. The highest BCUT2D eigenvalue weighted by atomic mass is 32.2. The molecule has 1 N–H and O–H groups in total. The van der Waals surface area contributed by atoms with Crippen LogP contribution in [0.4, 0.5) is 11.4 Å². The Kier molecular flexibility index (Phi) is 5.55. The normalized spacial score (nSPS) is 14.2. The minimum absolute atomic E-state index is 0.0277. The van der Waals surface area contributed by atoms with Crippen molar-refractivity contribution in [2.24, 2.45) is 0 Å². The third-order valence-electron chi connectivity index (χ3n) is 5.21. The van der Waals surface area contributed by atoms with Crippen LogP contribution in [0.15, 0.2) is 71.9 Å². The summed E-state index contributed by atoms with van der Waals surface area (Å²) in [5.41, 5.74) is 3.97. The maximum Gasteiger partial charge on any atom is 0.262 e. The fourth-order valence-corrected chi connectivity index (χ4v) is 4.93. The van der Waals surface area contributed by atoms with Gasteiger partial charge in [0.05, 0.1) is 4.90 Å². The molecule has 0 saturated carbocycles. The maximum atomic E-state index is 13.0. The van der Waals surface area contributed by atoms with Crippen molar-refractivity contribution in [1.82, 2.24) is 4.98 Å². The number of amides is 1. The fourth-order valence-electron chi connectivity index (χ4n) is 3.60. The van der Waals surface area contributed by atoms with E-state index >= 15 is 0 Å². The number of aryl methyl sites for hydroxylation is 1. The summed E-state index contributed by atoms with van der Waals surface area (Å²) in [6, 6.07) is 16.4. The molecule has 0 radical (unpaired) electrons. The molecule has 0 aliphatic carbocycles. The van der Waals surface area contributed by atoms with E-state index in [1.165, 1.54) is 0 Å². The minimum Gasteiger partial charge on any atom is -0.312 e. The molecule has 154 valence electrons. The Balaban J connectivity index is 1.53. The number of nitrogens with zero attached hydrogens (tertiary/aromatic N) is 2. The number of hydrogen-bond acceptors (Lipinski definition) is 4. The summed E-state index contributed by atoms with van der Waals surface area (Å²) in [4.78, 5) is 17.9. The Morgan fingerprint density at radius 2 is 1.70 bits per heavy atom. The van der Waals surface area contributed by atoms with Gasteiger partial charge in [0.15, 0.2) is 0 Å². The predicted molar refractivity (Wildman–Crippen MR) is 117 cm³/mol. The number of pyridine rings is 1. The lowest BCUT2D eigenvalue weighted by Crippen LogP contribution is -2.24. The Bertz CT molecular complexity index is 1160. The van der Waals surface area contributed by atoms with Crippen LogP contribution in [0.1, 0.15) is 29.5 Å². The number of hydrogen-bond donors (Lipinski definition) is 1. The van der Waals surface area contributed by atoms with Gasteiger partial charge in [0.25, 0.3) is 10.0 Å². The predicted octanol–water partition coefficient (Wildman–Crippen LogP) is 3.91. The average molecular weight is 422 g/mol. The smallest absolute Gasteiger partial charge is 0.262 e. The van der Waals surface area contributed by atoms with Gasteiger partial charge in [0, 0.05) is 36.7 Å². The van der Waals surface area contributed by atoms with Gasteiger partial charge in [-0.2, -0.15) is 0 Å². The van der Waals surface area contributed by atoms with Crippen molar-refractivity contribution in [3.8, 4) is 0 Å². The van der Waals surface area contributed by atoms with Crippen LogP contribution in [-0.2, 0) is 21.2 Å². The molecular weight excluding hydrogens is 398 g/mol. The van der Waals surface area contributed by atoms with Crippen molar-refractivity contribution >= 4 is 27.3 Å². The fraction of sp³-hybridized carbons (Fsp3) is 0.217. The second-order valence-electron chi connectivity index (χ2n) is 7.43. The topological polar surface area (TPSA) is 79.4 Å². The Morgan fingerprint density at radius 1 is 1.00 bits per heavy atom. The van der Waals surface area contributed by atoms with Crippen LogP contribution in [0.5, 0.6) is 0 Å². The largest absolute Gasteiger partial charge is 0.312 e. The van der Waals surface area contributed by atoms with Crippen molar-refractivity contribution in [3.05, 3.63) is 83.7 Å². The third-order valence-corrected chi connectivity index (χ3v) is 6.73. The highest BCUT2D eigenvalue weighted by molar-refractivity contribution is 7.92. The van der Waals surface area contributed by atoms with E-state index in [2.05, 4.69) is 9.71 Å². The molecular formula is C23H23N3O3S. The molecule has 4 rings (SSSR count). The summed E-state index contributed by atoms with van der Waals surface area (Å²) < 4.78 is 28.7. The Hall–Kier alpha value is -3.19. The van der Waals surface area contributed by atoms with Crippen LogP contribution < -0.4 is 9.62 Å². The molecule has 0 unspecified atom stereocenters. The average Bonchev–Trinajstić information content (AvgIpc) is 3.16. The number of benzene rings is 2. The van der Waals surface area contributed by atoms with Crippen LogP contribution in [0.25, 0.3) is 0 Å². The summed E-state index contributed by atoms with van der Waals surface area (Å²) >= 11 is 0. The second kappa shape index (κ2) is 8.28. The van der Waals surface area contributed by atoms with Gasteiger partial charge in [-0.1, -0.05) is 18.2 Å². The first-order valence-corrected chi connectivity index (χ1v) is 11.3. The Morgan fingerprint density at radius 3 is 2.37 bits per heavy atom. The van der Waals surface area contributed by atoms with Gasteiger partial charge in [-0.15, -0.1) is 0 Å². The minimum atomic E-state index is -3.78. The highest BCUT2D eigenvalue weighted by Gasteiger charge is 2.24. The number of rotatable bonds is 6. The number of carbonyl (C=O) groups excluding carboxylic acids is 1. The Labute approximate surface area is 176 Å². The van der Waals surface area contributed by atoms with E-state index in [4.69, 9.17) is 0 Å². The lowest BCUT2D eigenvalue weighted by molar-refractivity contribution is -0.117. The first kappa shape index (κ1) is 20.1. The summed E-state index contributed by atoms with van der Waals surface area (Å²) in [5, 5.41) is 0. The number of nitrogens with one attached hydrogen (secondary N) is 1. The molecule has 1 saturated heterocycles. The van der Waals surface area contributed by atoms with Gasteiger partial charge < -0.3 is 4.90 Å². The van der Waals surface area contributed by atoms with Crippen molar-refractivity contribution in [1.29, 1.82) is 0 Å². The number of carbonyl (C=O) groups is 1. The molecule has 7 heteroatoms. The first-order valence-electron chi connectivity index (χ1n) is 9.84. The molecule has 1 aliphatic rings. The van der Waals surface area contributed by atoms with Gasteiger partial charge in [0.2, 0.25) is 5.91 Å². The van der Waals surface area contributed by atoms with Crippen molar-refractivity contribution in [2.45, 2.75) is 31.1 Å². The molecule has 1 aliphatic heterocycles. The van der Waals surface area contributed by atoms with E-state index in [1.807, 2.05) is 24.3 Å². The van der Waals surface area contributed by atoms with Crippen LogP contribution >= 0.6 is 0 Å². The van der Waals surface area contributed by atoms with Gasteiger partial charge in [-0.25, -0.2) is 8.42 Å². The first-order chi connectivity index (χ1) is 14.4. The molecule has 1 amide bonds. The van der Waals surface area contributed by atoms with E-state index in [9.17, 15) is 13.2 Å². The summed E-state index contributed by atoms with van der Waals surface area (Å²) in [5.74, 6) is 0.0277. The quantitative estimate of drug-likeness (QED) is 0.655. The molecule has 0 bridgehead atoms. The van der Waals surface area contributed by atoms with Crippen LogP contribution in [-0.4, -0.2) is 25.9 Å². The second-order valence-corrected chi connectivity index (χ2v) is 9.08. The monoisotopic (exact) mass is 421 g/mol. The number of sulfonamides is 1. The van der Waals surface area contributed by atoms with E-state index < -0.39 is 10.0 Å². The molecule has 2 aromatic carbocycles. The number of anilines is 2. The van der Waals surface area contributed by atoms with Crippen LogP contribution in [0.2, 0.25) is 0 Å². The van der Waals surface area contributed by atoms with Crippen molar-refractivity contribution in [2.75, 3.05) is 16.2 Å². The van der Waals surface area contributed by atoms with Gasteiger partial charge in [0.1, 0.15) is 0 Å². The summed E-state index contributed by atoms with van der Waals surface area (Å²) in [7, 11) is -3.78. The molecule has 0 spiro atoms. The molecule has 1 fully saturated rings. The van der Waals surface area contributed by atoms with Gasteiger partial charge in [-0.05, 0) is 72.9 Å². The highest BCUT2D eigenvalue weighted by Crippen LogP contribution is 2.28. The molecule has 30 heavy (non-hydrogen) atoms. The van der Waals surface area contributed by atoms with Gasteiger partial charge in [-0.3, -0.25) is 14.5 Å². The van der Waals surface area contributed by atoms with Crippen LogP contribution in [0.3, 0.4) is 0 Å². The summed E-state index contributed by atoms with van der Waals surface area (Å²) in [6.07, 6.45) is 5.55. The van der Waals surface area contributed by atoms with Gasteiger partial charge >= 0.3 is 0 Å². The van der Waals surface area contributed by atoms with E-state index in [1.54, 1.807) is 54.5 Å². The zero-order chi connectivity index (χ0) is 21.1. The SMILES string of the molecule is Cc1ccc(N2CCCC2=O)cc1S(=O)(=O)Nc1ccc(Cc2ccncc2)cc1. The standard InChI is InChI=1S/C23H23N3O3S/c1-17-4-9-21(26-14-2-3-23(26)27)16-22(17)30(28,29)25-20-7-5-18(6-8-20)15-19-10-12-24-13-11-19/h4-13,16,25H,2-3,14-15H2,1H3. The van der Waals surface area contributed by atoms with E-state index in [0.717, 1.165) is 24.0 Å². The summed E-state index contributed by atoms with van der Waals surface area (Å²) in [6.45, 7) is 2.37. The molecule has 1 aromatic heterocycles. The number of aromatic nitrogens is 1. The van der Waals surface area contributed by atoms with Crippen LogP contribution in [0, 0.1) is 6.92 Å². The maximum absolute atomic E-state index is 13.0. The molecule has 6 nitrogen and oxygen atoms in total. The molecule has 3 aromatic rings. The third kappa shape index (κ3) is 4.36. The lowest BCUT2D eigenvalue weighted by atomic mass is 10.1. The zero-order valence-electron chi connectivity index (χ0n) is 16.7. The lowest BCUT2D eigenvalue weighted by Gasteiger charge is -2.18. The zero-order valence-corrected chi connectivity index (χ0v) is 17.5.